The largest absolute Gasteiger partial charge is 0.354 e. The Labute approximate surface area is 202 Å². The number of nitrogens with two attached hydrogens (primary N) is 1. The summed E-state index contributed by atoms with van der Waals surface area (Å²) in [5.74, 6) is 8.44. The number of aromatic nitrogens is 5. The van der Waals surface area contributed by atoms with Gasteiger partial charge in [0.2, 0.25) is 5.95 Å². The van der Waals surface area contributed by atoms with Gasteiger partial charge in [-0.2, -0.15) is 4.98 Å². The van der Waals surface area contributed by atoms with E-state index in [0.717, 1.165) is 55.9 Å². The van der Waals surface area contributed by atoms with Crippen LogP contribution in [-0.4, -0.2) is 61.7 Å². The summed E-state index contributed by atoms with van der Waals surface area (Å²) in [5, 5.41) is 5.29. The minimum Gasteiger partial charge on any atom is -0.354 e. The van der Waals surface area contributed by atoms with Gasteiger partial charge in [-0.15, -0.1) is 0 Å². The van der Waals surface area contributed by atoms with Crippen LogP contribution in [0.15, 0.2) is 48.7 Å². The van der Waals surface area contributed by atoms with Gasteiger partial charge in [0.15, 0.2) is 5.65 Å². The maximum absolute atomic E-state index is 13.7. The Morgan fingerprint density at radius 3 is 2.40 bits per heavy atom. The molecule has 3 aromatic heterocycles. The van der Waals surface area contributed by atoms with Crippen molar-refractivity contribution in [1.82, 2.24) is 29.5 Å². The predicted octanol–water partition coefficient (Wildman–Crippen LogP) is 3.37. The molecule has 0 radical (unpaired) electrons. The van der Waals surface area contributed by atoms with E-state index in [4.69, 9.17) is 20.8 Å². The number of halogens is 1. The highest BCUT2D eigenvalue weighted by Crippen LogP contribution is 2.29. The van der Waals surface area contributed by atoms with E-state index in [1.165, 1.54) is 25.0 Å². The molecule has 1 aromatic carbocycles. The van der Waals surface area contributed by atoms with Gasteiger partial charge in [-0.1, -0.05) is 12.8 Å². The summed E-state index contributed by atoms with van der Waals surface area (Å²) in [6.45, 7) is 3.19. The van der Waals surface area contributed by atoms with E-state index in [-0.39, 0.29) is 5.82 Å². The summed E-state index contributed by atoms with van der Waals surface area (Å²) >= 11 is 0. The Balaban J connectivity index is 1.44. The van der Waals surface area contributed by atoms with Crippen molar-refractivity contribution in [3.63, 3.8) is 0 Å². The van der Waals surface area contributed by atoms with Crippen LogP contribution in [0.3, 0.4) is 0 Å². The van der Waals surface area contributed by atoms with Gasteiger partial charge in [-0.05, 0) is 55.3 Å². The molecule has 3 N–H and O–H groups in total. The van der Waals surface area contributed by atoms with Crippen molar-refractivity contribution < 1.29 is 4.39 Å². The Kier molecular flexibility index (Phi) is 5.75. The molecule has 9 nitrogen and oxygen atoms in total. The first kappa shape index (κ1) is 21.9. The molecule has 0 spiro atoms. The van der Waals surface area contributed by atoms with E-state index in [1.807, 2.05) is 27.8 Å². The van der Waals surface area contributed by atoms with Crippen LogP contribution in [0.1, 0.15) is 25.7 Å². The first-order valence-corrected chi connectivity index (χ1v) is 12.1. The molecule has 2 aliphatic rings. The number of benzene rings is 1. The summed E-state index contributed by atoms with van der Waals surface area (Å²) in [5.41, 5.74) is 2.23. The van der Waals surface area contributed by atoms with Gasteiger partial charge < -0.3 is 10.2 Å². The molecule has 180 valence electrons. The van der Waals surface area contributed by atoms with Crippen molar-refractivity contribution in [3.05, 3.63) is 54.5 Å². The van der Waals surface area contributed by atoms with Crippen LogP contribution >= 0.6 is 0 Å². The number of rotatable bonds is 5. The lowest BCUT2D eigenvalue weighted by atomic mass is 10.2. The number of nitrogens with one attached hydrogen (secondary N) is 1. The summed E-state index contributed by atoms with van der Waals surface area (Å²) < 4.78 is 15.6. The average molecular weight is 474 g/mol. The van der Waals surface area contributed by atoms with Gasteiger partial charge in [0.25, 0.3) is 0 Å². The second-order valence-electron chi connectivity index (χ2n) is 9.18. The maximum Gasteiger partial charge on any atom is 0.224 e. The van der Waals surface area contributed by atoms with E-state index in [1.54, 1.807) is 18.3 Å². The number of pyridine rings is 1. The van der Waals surface area contributed by atoms with Gasteiger partial charge in [-0.3, -0.25) is 10.4 Å². The van der Waals surface area contributed by atoms with E-state index in [9.17, 15) is 4.39 Å². The van der Waals surface area contributed by atoms with Crippen LogP contribution in [0.5, 0.6) is 0 Å². The summed E-state index contributed by atoms with van der Waals surface area (Å²) in [6.07, 6.45) is 6.48. The van der Waals surface area contributed by atoms with Crippen LogP contribution in [0, 0.1) is 5.82 Å². The van der Waals surface area contributed by atoms with E-state index >= 15 is 0 Å². The molecule has 0 amide bonds. The van der Waals surface area contributed by atoms with Gasteiger partial charge >= 0.3 is 0 Å². The normalized spacial score (nSPS) is 17.4. The molecule has 4 aromatic rings. The first-order chi connectivity index (χ1) is 17.1. The number of fused-ring (bicyclic) bond motifs is 1. The second-order valence-corrected chi connectivity index (χ2v) is 9.18. The van der Waals surface area contributed by atoms with Crippen LogP contribution in [0.4, 0.5) is 16.2 Å². The third-order valence-corrected chi connectivity index (χ3v) is 6.80. The molecular formula is C25H28FN9. The second kappa shape index (κ2) is 9.20. The molecule has 1 saturated carbocycles. The lowest BCUT2D eigenvalue weighted by molar-refractivity contribution is 0.265. The molecule has 2 fully saturated rings. The van der Waals surface area contributed by atoms with Crippen molar-refractivity contribution in [2.24, 2.45) is 5.84 Å². The van der Waals surface area contributed by atoms with E-state index in [2.05, 4.69) is 15.2 Å². The molecule has 1 aliphatic carbocycles. The number of hydrogen-bond acceptors (Lipinski definition) is 8. The smallest absolute Gasteiger partial charge is 0.224 e. The van der Waals surface area contributed by atoms with Crippen LogP contribution in [0.25, 0.3) is 28.4 Å². The molecule has 1 aliphatic heterocycles. The highest BCUT2D eigenvalue weighted by atomic mass is 19.1. The third kappa shape index (κ3) is 4.42. The maximum atomic E-state index is 13.7. The molecule has 6 rings (SSSR count). The fourth-order valence-corrected chi connectivity index (χ4v) is 4.90. The quantitative estimate of drug-likeness (QED) is 0.426. The van der Waals surface area contributed by atoms with Crippen molar-refractivity contribution in [2.45, 2.75) is 31.7 Å². The lowest BCUT2D eigenvalue weighted by Gasteiger charge is -2.32. The standard InChI is InChI=1S/C25H28FN9/c26-18-7-5-17(6-8-18)24-32-23-20(9-10-21(30-23)33-13-15-34(27)16-14-33)35(24)22-11-12-28-25(31-22)29-19-3-1-2-4-19/h5-12,19H,1-4,13-16,27H2,(H,28,29,31). The zero-order valence-corrected chi connectivity index (χ0v) is 19.4. The van der Waals surface area contributed by atoms with Crippen LogP contribution < -0.4 is 16.1 Å². The Hall–Kier alpha value is -3.63. The zero-order valence-electron chi connectivity index (χ0n) is 19.4. The fourth-order valence-electron chi connectivity index (χ4n) is 4.90. The van der Waals surface area contributed by atoms with E-state index in [0.29, 0.717) is 29.3 Å². The van der Waals surface area contributed by atoms with Gasteiger partial charge in [0.05, 0.1) is 5.52 Å². The Morgan fingerprint density at radius 2 is 1.63 bits per heavy atom. The molecule has 0 bridgehead atoms. The summed E-state index contributed by atoms with van der Waals surface area (Å²) in [6, 6.07) is 12.6. The van der Waals surface area contributed by atoms with Gasteiger partial charge in [0, 0.05) is 44.0 Å². The number of hydrazine groups is 1. The van der Waals surface area contributed by atoms with Crippen molar-refractivity contribution in [2.75, 3.05) is 36.4 Å². The molecule has 0 unspecified atom stereocenters. The molecular weight excluding hydrogens is 445 g/mol. The summed E-state index contributed by atoms with van der Waals surface area (Å²) in [4.78, 5) is 21.2. The molecule has 35 heavy (non-hydrogen) atoms. The number of nitrogens with zero attached hydrogens (tertiary/aromatic N) is 7. The first-order valence-electron chi connectivity index (χ1n) is 12.1. The minimum absolute atomic E-state index is 0.291. The summed E-state index contributed by atoms with van der Waals surface area (Å²) in [7, 11) is 0. The molecule has 4 heterocycles. The van der Waals surface area contributed by atoms with Gasteiger partial charge in [-0.25, -0.2) is 24.4 Å². The Morgan fingerprint density at radius 1 is 0.857 bits per heavy atom. The fraction of sp³-hybridized carbons (Fsp3) is 0.360. The van der Waals surface area contributed by atoms with Crippen molar-refractivity contribution in [3.8, 4) is 17.2 Å². The van der Waals surface area contributed by atoms with Crippen molar-refractivity contribution in [1.29, 1.82) is 0 Å². The van der Waals surface area contributed by atoms with Crippen molar-refractivity contribution >= 4 is 22.9 Å². The zero-order chi connectivity index (χ0) is 23.8. The third-order valence-electron chi connectivity index (χ3n) is 6.80. The molecule has 0 atom stereocenters. The number of piperazine rings is 1. The molecule has 10 heteroatoms. The number of imidazole rings is 1. The lowest BCUT2D eigenvalue weighted by Crippen LogP contribution is -2.49. The van der Waals surface area contributed by atoms with Gasteiger partial charge in [0.1, 0.15) is 23.3 Å². The highest BCUT2D eigenvalue weighted by Gasteiger charge is 2.21. The Bertz CT molecular complexity index is 1320. The topological polar surface area (TPSA) is 101 Å². The molecule has 1 saturated heterocycles. The highest BCUT2D eigenvalue weighted by molar-refractivity contribution is 5.81. The number of hydrogen-bond donors (Lipinski definition) is 2. The van der Waals surface area contributed by atoms with Crippen LogP contribution in [0.2, 0.25) is 0 Å². The monoisotopic (exact) mass is 473 g/mol. The minimum atomic E-state index is -0.291. The van der Waals surface area contributed by atoms with E-state index < -0.39 is 0 Å². The van der Waals surface area contributed by atoms with Crippen LogP contribution in [-0.2, 0) is 0 Å². The predicted molar refractivity (Wildman–Crippen MR) is 134 cm³/mol. The average Bonchev–Trinajstić information content (AvgIpc) is 3.52. The SMILES string of the molecule is NN1CCN(c2ccc3c(n2)nc(-c2ccc(F)cc2)n3-c2ccnc(NC3CCCC3)n2)CC1. The number of anilines is 2.